The fourth-order valence-electron chi connectivity index (χ4n) is 4.67. The predicted octanol–water partition coefficient (Wildman–Crippen LogP) is 0.366. The van der Waals surface area contributed by atoms with Crippen LogP contribution < -0.4 is 21.3 Å². The molecule has 3 amide bonds. The molecule has 3 aliphatic heterocycles. The van der Waals surface area contributed by atoms with Crippen molar-refractivity contribution in [2.45, 2.75) is 44.2 Å². The van der Waals surface area contributed by atoms with Gasteiger partial charge >= 0.3 is 0 Å². The number of hydrogen-bond acceptors (Lipinski definition) is 7. The number of carbonyl (C=O) groups excluding carboxylic acids is 3. The van der Waals surface area contributed by atoms with Crippen LogP contribution in [0, 0.1) is 0 Å². The summed E-state index contributed by atoms with van der Waals surface area (Å²) in [7, 11) is 0. The van der Waals surface area contributed by atoms with Gasteiger partial charge in [0.25, 0.3) is 0 Å². The Balaban J connectivity index is 1.19. The van der Waals surface area contributed by atoms with Gasteiger partial charge in [-0.3, -0.25) is 24.6 Å². The van der Waals surface area contributed by atoms with Gasteiger partial charge in [0.2, 0.25) is 17.7 Å². The second kappa shape index (κ2) is 10.3. The van der Waals surface area contributed by atoms with Gasteiger partial charge in [-0.05, 0) is 37.1 Å². The summed E-state index contributed by atoms with van der Waals surface area (Å²) in [6.07, 6.45) is 3.02. The number of piperazine rings is 1. The van der Waals surface area contributed by atoms with Crippen LogP contribution >= 0.6 is 0 Å². The van der Waals surface area contributed by atoms with Crippen LogP contribution in [0.15, 0.2) is 24.3 Å². The SMILES string of the molecule is NC1CCN(C(=O)CCN2CCN(c3ccc(NC4CC(=O)NC(=O)C4)cc3)CC2)CC1. The molecule has 174 valence electrons. The molecule has 3 aliphatic rings. The zero-order chi connectivity index (χ0) is 22.5. The lowest BCUT2D eigenvalue weighted by Crippen LogP contribution is -2.48. The van der Waals surface area contributed by atoms with Crippen molar-refractivity contribution >= 4 is 29.1 Å². The van der Waals surface area contributed by atoms with E-state index in [1.54, 1.807) is 0 Å². The maximum absolute atomic E-state index is 12.4. The highest BCUT2D eigenvalue weighted by atomic mass is 16.2. The number of rotatable bonds is 6. The van der Waals surface area contributed by atoms with E-state index in [0.29, 0.717) is 19.3 Å². The van der Waals surface area contributed by atoms with E-state index >= 15 is 0 Å². The van der Waals surface area contributed by atoms with Crippen molar-refractivity contribution in [1.29, 1.82) is 0 Å². The van der Waals surface area contributed by atoms with Crippen LogP contribution in [0.1, 0.15) is 32.1 Å². The molecule has 0 aromatic heterocycles. The maximum atomic E-state index is 12.4. The van der Waals surface area contributed by atoms with Gasteiger partial charge in [-0.25, -0.2) is 0 Å². The minimum absolute atomic E-state index is 0.157. The Hall–Kier alpha value is -2.65. The standard InChI is InChI=1S/C23H34N6O3/c24-17-5-9-29(10-6-17)23(32)7-8-27-11-13-28(14-12-27)20-3-1-18(2-4-20)25-19-15-21(30)26-22(31)16-19/h1-4,17,19,25H,5-16,24H2,(H,26,30,31). The van der Waals surface area contributed by atoms with E-state index in [-0.39, 0.29) is 29.8 Å². The first-order chi connectivity index (χ1) is 15.5. The highest BCUT2D eigenvalue weighted by molar-refractivity contribution is 5.98. The largest absolute Gasteiger partial charge is 0.381 e. The Morgan fingerprint density at radius 3 is 2.22 bits per heavy atom. The number of nitrogens with two attached hydrogens (primary N) is 1. The molecule has 1 aromatic carbocycles. The van der Waals surface area contributed by atoms with Gasteiger partial charge in [0, 0.05) is 88.5 Å². The number of benzene rings is 1. The summed E-state index contributed by atoms with van der Waals surface area (Å²) in [5.74, 6) is -0.204. The molecule has 4 rings (SSSR count). The summed E-state index contributed by atoms with van der Waals surface area (Å²) in [5.41, 5.74) is 8.00. The molecular weight excluding hydrogens is 408 g/mol. The number of carbonyl (C=O) groups is 3. The topological polar surface area (TPSA) is 111 Å². The molecule has 32 heavy (non-hydrogen) atoms. The molecule has 9 heteroatoms. The summed E-state index contributed by atoms with van der Waals surface area (Å²) < 4.78 is 0. The average molecular weight is 443 g/mol. The van der Waals surface area contributed by atoms with Crippen molar-refractivity contribution in [2.75, 3.05) is 56.0 Å². The Morgan fingerprint density at radius 1 is 0.969 bits per heavy atom. The van der Waals surface area contributed by atoms with E-state index in [2.05, 4.69) is 32.6 Å². The van der Waals surface area contributed by atoms with E-state index < -0.39 is 0 Å². The zero-order valence-electron chi connectivity index (χ0n) is 18.6. The summed E-state index contributed by atoms with van der Waals surface area (Å²) in [4.78, 5) is 42.2. The van der Waals surface area contributed by atoms with Crippen molar-refractivity contribution < 1.29 is 14.4 Å². The molecule has 1 aromatic rings. The molecule has 0 spiro atoms. The number of anilines is 2. The van der Waals surface area contributed by atoms with E-state index in [1.165, 1.54) is 0 Å². The highest BCUT2D eigenvalue weighted by Gasteiger charge is 2.25. The molecule has 3 fully saturated rings. The Labute approximate surface area is 189 Å². The average Bonchev–Trinajstić information content (AvgIpc) is 2.78. The zero-order valence-corrected chi connectivity index (χ0v) is 18.6. The van der Waals surface area contributed by atoms with Crippen molar-refractivity contribution in [2.24, 2.45) is 5.73 Å². The van der Waals surface area contributed by atoms with Crippen molar-refractivity contribution in [3.8, 4) is 0 Å². The quantitative estimate of drug-likeness (QED) is 0.546. The van der Waals surface area contributed by atoms with Crippen LogP contribution in [0.4, 0.5) is 11.4 Å². The number of nitrogens with one attached hydrogen (secondary N) is 2. The molecule has 0 bridgehead atoms. The third-order valence-corrected chi connectivity index (χ3v) is 6.65. The van der Waals surface area contributed by atoms with E-state index in [1.807, 2.05) is 17.0 Å². The number of imide groups is 1. The summed E-state index contributed by atoms with van der Waals surface area (Å²) in [6.45, 7) is 6.14. The van der Waals surface area contributed by atoms with Gasteiger partial charge in [-0.1, -0.05) is 0 Å². The Kier molecular flexibility index (Phi) is 7.26. The van der Waals surface area contributed by atoms with E-state index in [4.69, 9.17) is 5.73 Å². The maximum Gasteiger partial charge on any atom is 0.228 e. The van der Waals surface area contributed by atoms with Crippen LogP contribution in [0.2, 0.25) is 0 Å². The smallest absolute Gasteiger partial charge is 0.228 e. The number of likely N-dealkylation sites (tertiary alicyclic amines) is 1. The predicted molar refractivity (Wildman–Crippen MR) is 123 cm³/mol. The van der Waals surface area contributed by atoms with Crippen LogP contribution in [0.5, 0.6) is 0 Å². The van der Waals surface area contributed by atoms with Crippen molar-refractivity contribution in [1.82, 2.24) is 15.1 Å². The van der Waals surface area contributed by atoms with E-state index in [0.717, 1.165) is 70.0 Å². The summed E-state index contributed by atoms with van der Waals surface area (Å²) in [6, 6.07) is 8.25. The monoisotopic (exact) mass is 442 g/mol. The molecular formula is C23H34N6O3. The van der Waals surface area contributed by atoms with Gasteiger partial charge in [0.15, 0.2) is 0 Å². The second-order valence-electron chi connectivity index (χ2n) is 9.06. The third kappa shape index (κ3) is 5.98. The number of amides is 3. The molecule has 0 saturated carbocycles. The molecule has 0 aliphatic carbocycles. The second-order valence-corrected chi connectivity index (χ2v) is 9.06. The molecule has 9 nitrogen and oxygen atoms in total. The molecule has 0 atom stereocenters. The molecule has 3 heterocycles. The molecule has 4 N–H and O–H groups in total. The van der Waals surface area contributed by atoms with Gasteiger partial charge in [0.05, 0.1) is 0 Å². The number of piperidine rings is 2. The van der Waals surface area contributed by atoms with Crippen molar-refractivity contribution in [3.63, 3.8) is 0 Å². The van der Waals surface area contributed by atoms with Crippen LogP contribution in [-0.2, 0) is 14.4 Å². The number of hydrogen-bond donors (Lipinski definition) is 3. The van der Waals surface area contributed by atoms with E-state index in [9.17, 15) is 14.4 Å². The van der Waals surface area contributed by atoms with Gasteiger partial charge in [0.1, 0.15) is 0 Å². The lowest BCUT2D eigenvalue weighted by Gasteiger charge is -2.36. The minimum atomic E-state index is -0.227. The highest BCUT2D eigenvalue weighted by Crippen LogP contribution is 2.21. The van der Waals surface area contributed by atoms with Crippen LogP contribution in [0.25, 0.3) is 0 Å². The van der Waals surface area contributed by atoms with Crippen LogP contribution in [0.3, 0.4) is 0 Å². The number of nitrogens with zero attached hydrogens (tertiary/aromatic N) is 3. The molecule has 3 saturated heterocycles. The third-order valence-electron chi connectivity index (χ3n) is 6.65. The Morgan fingerprint density at radius 2 is 1.59 bits per heavy atom. The Bertz CT molecular complexity index is 798. The fraction of sp³-hybridized carbons (Fsp3) is 0.609. The fourth-order valence-corrected chi connectivity index (χ4v) is 4.67. The van der Waals surface area contributed by atoms with Crippen molar-refractivity contribution in [3.05, 3.63) is 24.3 Å². The summed E-state index contributed by atoms with van der Waals surface area (Å²) >= 11 is 0. The lowest BCUT2D eigenvalue weighted by atomic mass is 10.0. The minimum Gasteiger partial charge on any atom is -0.381 e. The van der Waals surface area contributed by atoms with Gasteiger partial charge < -0.3 is 20.9 Å². The first-order valence-electron chi connectivity index (χ1n) is 11.7. The first kappa shape index (κ1) is 22.5. The summed E-state index contributed by atoms with van der Waals surface area (Å²) in [5, 5.41) is 5.61. The molecule has 0 unspecified atom stereocenters. The normalized spacial score (nSPS) is 21.5. The van der Waals surface area contributed by atoms with Gasteiger partial charge in [-0.15, -0.1) is 0 Å². The first-order valence-corrected chi connectivity index (χ1v) is 11.7. The van der Waals surface area contributed by atoms with Crippen LogP contribution in [-0.4, -0.2) is 85.4 Å². The van der Waals surface area contributed by atoms with Gasteiger partial charge in [-0.2, -0.15) is 0 Å². The molecule has 0 radical (unpaired) electrons. The lowest BCUT2D eigenvalue weighted by molar-refractivity contribution is -0.134.